The summed E-state index contributed by atoms with van der Waals surface area (Å²) in [7, 11) is 1.55. The van der Waals surface area contributed by atoms with Crippen LogP contribution in [0.4, 0.5) is 13.2 Å². The molecule has 0 bridgehead atoms. The summed E-state index contributed by atoms with van der Waals surface area (Å²) in [6, 6.07) is 12.9. The van der Waals surface area contributed by atoms with E-state index in [2.05, 4.69) is 4.98 Å². The summed E-state index contributed by atoms with van der Waals surface area (Å²) in [5.74, 6) is -0.0771. The molecule has 2 aromatic carbocycles. The molecule has 3 rings (SSSR count). The van der Waals surface area contributed by atoms with Crippen molar-refractivity contribution in [2.24, 2.45) is 0 Å². The maximum atomic E-state index is 12.7. The minimum atomic E-state index is -4.34. The first-order valence-electron chi connectivity index (χ1n) is 7.65. The summed E-state index contributed by atoms with van der Waals surface area (Å²) in [4.78, 5) is 18.1. The number of carbonyl (C=O) groups is 1. The van der Waals surface area contributed by atoms with Crippen LogP contribution in [0, 0.1) is 0 Å². The normalized spacial score (nSPS) is 11.7. The number of benzene rings is 2. The zero-order chi connectivity index (χ0) is 18.0. The molecule has 4 nitrogen and oxygen atoms in total. The SMILES string of the molecule is CN(Cc1nccn1CC(F)(F)F)C(=O)c1cccc2ccccc12. The van der Waals surface area contributed by atoms with Gasteiger partial charge in [-0.15, -0.1) is 0 Å². The third-order valence-corrected chi connectivity index (χ3v) is 3.90. The number of hydrogen-bond acceptors (Lipinski definition) is 2. The lowest BCUT2D eigenvalue weighted by molar-refractivity contribution is -0.141. The molecule has 3 aromatic rings. The second-order valence-electron chi connectivity index (χ2n) is 5.77. The number of hydrogen-bond donors (Lipinski definition) is 0. The Morgan fingerprint density at radius 3 is 2.64 bits per heavy atom. The lowest BCUT2D eigenvalue weighted by Crippen LogP contribution is -2.29. The molecule has 130 valence electrons. The molecule has 1 aromatic heterocycles. The highest BCUT2D eigenvalue weighted by Gasteiger charge is 2.29. The number of fused-ring (bicyclic) bond motifs is 1. The smallest absolute Gasteiger partial charge is 0.334 e. The Bertz CT molecular complexity index is 896. The fraction of sp³-hybridized carbons (Fsp3) is 0.222. The molecule has 1 heterocycles. The van der Waals surface area contributed by atoms with Gasteiger partial charge in [-0.1, -0.05) is 36.4 Å². The lowest BCUT2D eigenvalue weighted by Gasteiger charge is -2.19. The van der Waals surface area contributed by atoms with Gasteiger partial charge in [-0.2, -0.15) is 13.2 Å². The van der Waals surface area contributed by atoms with Gasteiger partial charge in [0, 0.05) is 25.0 Å². The van der Waals surface area contributed by atoms with Crippen molar-refractivity contribution < 1.29 is 18.0 Å². The number of rotatable bonds is 4. The summed E-state index contributed by atoms with van der Waals surface area (Å²) in [6.45, 7) is -1.14. The Balaban J connectivity index is 1.83. The molecule has 0 aliphatic rings. The molecule has 0 fully saturated rings. The van der Waals surface area contributed by atoms with Crippen molar-refractivity contribution in [1.29, 1.82) is 0 Å². The third-order valence-electron chi connectivity index (χ3n) is 3.90. The van der Waals surface area contributed by atoms with Crippen LogP contribution in [0.3, 0.4) is 0 Å². The highest BCUT2D eigenvalue weighted by Crippen LogP contribution is 2.21. The second kappa shape index (κ2) is 6.58. The predicted molar refractivity (Wildman–Crippen MR) is 88.0 cm³/mol. The minimum absolute atomic E-state index is 0.00880. The number of imidazole rings is 1. The summed E-state index contributed by atoms with van der Waals surface area (Å²) >= 11 is 0. The Kier molecular flexibility index (Phi) is 4.48. The number of aromatic nitrogens is 2. The topological polar surface area (TPSA) is 38.1 Å². The molecule has 0 aliphatic carbocycles. The predicted octanol–water partition coefficient (Wildman–Crippen LogP) is 3.87. The molecule has 0 N–H and O–H groups in total. The van der Waals surface area contributed by atoms with Crippen LogP contribution in [0.25, 0.3) is 10.8 Å². The lowest BCUT2D eigenvalue weighted by atomic mass is 10.0. The van der Waals surface area contributed by atoms with E-state index in [0.717, 1.165) is 15.3 Å². The molecule has 0 saturated heterocycles. The number of carbonyl (C=O) groups excluding carboxylic acids is 1. The van der Waals surface area contributed by atoms with Crippen molar-refractivity contribution in [2.75, 3.05) is 7.05 Å². The van der Waals surface area contributed by atoms with E-state index in [-0.39, 0.29) is 18.3 Å². The average Bonchev–Trinajstić information content (AvgIpc) is 2.98. The van der Waals surface area contributed by atoms with Crippen molar-refractivity contribution >= 4 is 16.7 Å². The summed E-state index contributed by atoms with van der Waals surface area (Å²) in [5, 5.41) is 1.74. The van der Waals surface area contributed by atoms with Crippen LogP contribution in [0.1, 0.15) is 16.2 Å². The molecule has 0 unspecified atom stereocenters. The summed E-state index contributed by atoms with van der Waals surface area (Å²) < 4.78 is 38.8. The van der Waals surface area contributed by atoms with Gasteiger partial charge in [-0.25, -0.2) is 4.98 Å². The van der Waals surface area contributed by atoms with E-state index < -0.39 is 12.7 Å². The maximum absolute atomic E-state index is 12.7. The van der Waals surface area contributed by atoms with Crippen LogP contribution in [-0.4, -0.2) is 33.6 Å². The van der Waals surface area contributed by atoms with Crippen molar-refractivity contribution in [1.82, 2.24) is 14.5 Å². The first kappa shape index (κ1) is 17.0. The molecule has 1 amide bonds. The molecule has 0 atom stereocenters. The van der Waals surface area contributed by atoms with Gasteiger partial charge in [0.2, 0.25) is 0 Å². The third kappa shape index (κ3) is 3.81. The van der Waals surface area contributed by atoms with Crippen LogP contribution in [0.15, 0.2) is 54.9 Å². The molecule has 25 heavy (non-hydrogen) atoms. The van der Waals surface area contributed by atoms with Crippen LogP contribution in [0.2, 0.25) is 0 Å². The van der Waals surface area contributed by atoms with E-state index in [9.17, 15) is 18.0 Å². The van der Waals surface area contributed by atoms with E-state index in [1.54, 1.807) is 19.2 Å². The summed E-state index contributed by atoms with van der Waals surface area (Å²) in [6.07, 6.45) is -1.77. The van der Waals surface area contributed by atoms with Gasteiger partial charge in [-0.3, -0.25) is 4.79 Å². The Hall–Kier alpha value is -2.83. The van der Waals surface area contributed by atoms with Crippen LogP contribution < -0.4 is 0 Å². The van der Waals surface area contributed by atoms with E-state index in [1.807, 2.05) is 30.3 Å². The van der Waals surface area contributed by atoms with Gasteiger partial charge in [0.1, 0.15) is 12.4 Å². The van der Waals surface area contributed by atoms with Gasteiger partial charge in [0.05, 0.1) is 6.54 Å². The summed E-state index contributed by atoms with van der Waals surface area (Å²) in [5.41, 5.74) is 0.509. The van der Waals surface area contributed by atoms with Gasteiger partial charge >= 0.3 is 6.18 Å². The molecule has 0 aliphatic heterocycles. The van der Waals surface area contributed by atoms with Gasteiger partial charge in [0.15, 0.2) is 0 Å². The highest BCUT2D eigenvalue weighted by molar-refractivity contribution is 6.06. The van der Waals surface area contributed by atoms with E-state index >= 15 is 0 Å². The molecular weight excluding hydrogens is 331 g/mol. The fourth-order valence-corrected chi connectivity index (χ4v) is 2.73. The van der Waals surface area contributed by atoms with Crippen LogP contribution in [-0.2, 0) is 13.1 Å². The Labute approximate surface area is 142 Å². The maximum Gasteiger partial charge on any atom is 0.406 e. The molecule has 0 radical (unpaired) electrons. The fourth-order valence-electron chi connectivity index (χ4n) is 2.73. The Morgan fingerprint density at radius 2 is 1.88 bits per heavy atom. The van der Waals surface area contributed by atoms with Gasteiger partial charge < -0.3 is 9.47 Å². The van der Waals surface area contributed by atoms with Gasteiger partial charge in [-0.05, 0) is 16.8 Å². The number of nitrogens with zero attached hydrogens (tertiary/aromatic N) is 3. The zero-order valence-electron chi connectivity index (χ0n) is 13.5. The van der Waals surface area contributed by atoms with Crippen molar-refractivity contribution in [3.05, 3.63) is 66.2 Å². The van der Waals surface area contributed by atoms with Gasteiger partial charge in [0.25, 0.3) is 5.91 Å². The van der Waals surface area contributed by atoms with E-state index in [4.69, 9.17) is 0 Å². The number of amides is 1. The molecule has 0 saturated carbocycles. The molecule has 0 spiro atoms. The van der Waals surface area contributed by atoms with E-state index in [0.29, 0.717) is 5.56 Å². The Morgan fingerprint density at radius 1 is 1.16 bits per heavy atom. The average molecular weight is 347 g/mol. The van der Waals surface area contributed by atoms with Crippen molar-refractivity contribution in [3.63, 3.8) is 0 Å². The number of alkyl halides is 3. The first-order valence-corrected chi connectivity index (χ1v) is 7.65. The molecule has 7 heteroatoms. The van der Waals surface area contributed by atoms with Crippen LogP contribution in [0.5, 0.6) is 0 Å². The monoisotopic (exact) mass is 347 g/mol. The largest absolute Gasteiger partial charge is 0.406 e. The van der Waals surface area contributed by atoms with Crippen molar-refractivity contribution in [3.8, 4) is 0 Å². The highest BCUT2D eigenvalue weighted by atomic mass is 19.4. The van der Waals surface area contributed by atoms with Crippen LogP contribution >= 0.6 is 0 Å². The zero-order valence-corrected chi connectivity index (χ0v) is 13.5. The van der Waals surface area contributed by atoms with Crippen molar-refractivity contribution in [2.45, 2.75) is 19.3 Å². The molecular formula is C18H16F3N3O. The standard InChI is InChI=1S/C18H16F3N3O/c1-23(11-16-22-9-10-24(16)12-18(19,20)21)17(25)15-8-4-6-13-5-2-3-7-14(13)15/h2-10H,11-12H2,1H3. The second-order valence-corrected chi connectivity index (χ2v) is 5.77. The first-order chi connectivity index (χ1) is 11.8. The number of halogens is 3. The minimum Gasteiger partial charge on any atom is -0.334 e. The van der Waals surface area contributed by atoms with E-state index in [1.165, 1.54) is 17.3 Å². The quantitative estimate of drug-likeness (QED) is 0.719.